The van der Waals surface area contributed by atoms with Crippen molar-refractivity contribution in [2.45, 2.75) is 13.5 Å². The summed E-state index contributed by atoms with van der Waals surface area (Å²) in [5.74, 6) is -1.43. The van der Waals surface area contributed by atoms with Crippen molar-refractivity contribution in [3.63, 3.8) is 0 Å². The molecule has 0 atom stereocenters. The number of carbonyl (C=O) groups excluding carboxylic acids is 1. The first-order valence-corrected chi connectivity index (χ1v) is 6.33. The van der Waals surface area contributed by atoms with Crippen LogP contribution in [0.5, 0.6) is 0 Å². The third kappa shape index (κ3) is 3.35. The number of hydrogen-bond donors (Lipinski definition) is 2. The fourth-order valence-electron chi connectivity index (χ4n) is 1.40. The Bertz CT molecular complexity index is 607. The zero-order valence-corrected chi connectivity index (χ0v) is 10.9. The molecule has 2 rings (SSSR count). The number of carbonyl (C=O) groups is 2. The van der Waals surface area contributed by atoms with E-state index < -0.39 is 5.97 Å². The Kier molecular flexibility index (Phi) is 3.86. The summed E-state index contributed by atoms with van der Waals surface area (Å²) in [6, 6.07) is 2.73. The smallest absolute Gasteiger partial charge is 0.354 e. The Balaban J connectivity index is 1.98. The lowest BCUT2D eigenvalue weighted by atomic mass is 10.2. The highest BCUT2D eigenvalue weighted by Crippen LogP contribution is 2.08. The molecule has 98 valence electrons. The van der Waals surface area contributed by atoms with Gasteiger partial charge in [0.05, 0.1) is 12.1 Å². The second kappa shape index (κ2) is 5.57. The van der Waals surface area contributed by atoms with Crippen LogP contribution < -0.4 is 5.32 Å². The van der Waals surface area contributed by atoms with Gasteiger partial charge in [0, 0.05) is 17.3 Å². The molecule has 0 aliphatic carbocycles. The summed E-state index contributed by atoms with van der Waals surface area (Å²) < 4.78 is 0. The summed E-state index contributed by atoms with van der Waals surface area (Å²) in [7, 11) is 0. The molecule has 0 spiro atoms. The van der Waals surface area contributed by atoms with Crippen molar-refractivity contribution in [1.82, 2.24) is 15.3 Å². The van der Waals surface area contributed by atoms with Crippen molar-refractivity contribution in [3.8, 4) is 0 Å². The molecule has 2 aromatic rings. The van der Waals surface area contributed by atoms with Gasteiger partial charge in [0.2, 0.25) is 0 Å². The van der Waals surface area contributed by atoms with Crippen LogP contribution in [0.3, 0.4) is 0 Å². The second-order valence-corrected chi connectivity index (χ2v) is 4.75. The first-order chi connectivity index (χ1) is 9.06. The minimum atomic E-state index is -1.12. The molecule has 0 unspecified atom stereocenters. The SMILES string of the molecule is Cc1csc(CNC(=O)c2ccc(C(=O)O)nc2)n1. The summed E-state index contributed by atoms with van der Waals surface area (Å²) in [6.45, 7) is 2.23. The predicted octanol–water partition coefficient (Wildman–Crippen LogP) is 1.47. The van der Waals surface area contributed by atoms with Gasteiger partial charge >= 0.3 is 5.97 Å². The monoisotopic (exact) mass is 277 g/mol. The highest BCUT2D eigenvalue weighted by Gasteiger charge is 2.09. The average Bonchev–Trinajstić information content (AvgIpc) is 2.82. The average molecular weight is 277 g/mol. The zero-order valence-electron chi connectivity index (χ0n) is 10.1. The molecule has 0 aromatic carbocycles. The van der Waals surface area contributed by atoms with Gasteiger partial charge in [0.15, 0.2) is 0 Å². The molecule has 2 aromatic heterocycles. The topological polar surface area (TPSA) is 92.2 Å². The van der Waals surface area contributed by atoms with Gasteiger partial charge in [-0.25, -0.2) is 14.8 Å². The van der Waals surface area contributed by atoms with Gasteiger partial charge in [-0.15, -0.1) is 11.3 Å². The van der Waals surface area contributed by atoms with Crippen molar-refractivity contribution in [2.75, 3.05) is 0 Å². The van der Waals surface area contributed by atoms with Crippen LogP contribution in [-0.2, 0) is 6.54 Å². The van der Waals surface area contributed by atoms with E-state index in [1.165, 1.54) is 29.7 Å². The van der Waals surface area contributed by atoms with Gasteiger partial charge in [-0.3, -0.25) is 4.79 Å². The van der Waals surface area contributed by atoms with E-state index in [0.717, 1.165) is 10.7 Å². The summed E-state index contributed by atoms with van der Waals surface area (Å²) in [5, 5.41) is 14.1. The number of aromatic carboxylic acids is 1. The quantitative estimate of drug-likeness (QED) is 0.883. The Morgan fingerprint density at radius 1 is 1.42 bits per heavy atom. The Morgan fingerprint density at radius 2 is 2.21 bits per heavy atom. The molecule has 2 heterocycles. The predicted molar refractivity (Wildman–Crippen MR) is 69.2 cm³/mol. The first kappa shape index (κ1) is 13.2. The normalized spacial score (nSPS) is 10.2. The van der Waals surface area contributed by atoms with Gasteiger partial charge in [-0.2, -0.15) is 0 Å². The third-order valence-corrected chi connectivity index (χ3v) is 3.28. The number of carboxylic acids is 1. The summed E-state index contributed by atoms with van der Waals surface area (Å²) in [5.41, 5.74) is 1.15. The zero-order chi connectivity index (χ0) is 13.8. The number of carboxylic acid groups (broad SMARTS) is 1. The maximum Gasteiger partial charge on any atom is 0.354 e. The molecule has 0 bridgehead atoms. The number of nitrogens with zero attached hydrogens (tertiary/aromatic N) is 2. The number of aryl methyl sites for hydroxylation is 1. The largest absolute Gasteiger partial charge is 0.477 e. The standard InChI is InChI=1S/C12H11N3O3S/c1-7-6-19-10(15-7)5-14-11(16)8-2-3-9(12(17)18)13-4-8/h2-4,6H,5H2,1H3,(H,14,16)(H,17,18). The molecule has 1 amide bonds. The fraction of sp³-hybridized carbons (Fsp3) is 0.167. The summed E-state index contributed by atoms with van der Waals surface area (Å²) >= 11 is 1.47. The molecule has 0 aliphatic rings. The maximum absolute atomic E-state index is 11.8. The first-order valence-electron chi connectivity index (χ1n) is 5.45. The van der Waals surface area contributed by atoms with Crippen LogP contribution in [0.25, 0.3) is 0 Å². The fourth-order valence-corrected chi connectivity index (χ4v) is 2.11. The number of hydrogen-bond acceptors (Lipinski definition) is 5. The van der Waals surface area contributed by atoms with Crippen molar-refractivity contribution in [1.29, 1.82) is 0 Å². The van der Waals surface area contributed by atoms with Gasteiger partial charge in [-0.05, 0) is 19.1 Å². The molecular weight excluding hydrogens is 266 g/mol. The van der Waals surface area contributed by atoms with Crippen molar-refractivity contribution in [3.05, 3.63) is 45.7 Å². The molecule has 0 saturated heterocycles. The van der Waals surface area contributed by atoms with E-state index in [1.807, 2.05) is 12.3 Å². The molecule has 0 fully saturated rings. The Morgan fingerprint density at radius 3 is 2.74 bits per heavy atom. The maximum atomic E-state index is 11.8. The number of rotatable bonds is 4. The lowest BCUT2D eigenvalue weighted by Gasteiger charge is -2.03. The van der Waals surface area contributed by atoms with Gasteiger partial charge in [-0.1, -0.05) is 0 Å². The van der Waals surface area contributed by atoms with Crippen LogP contribution in [-0.4, -0.2) is 27.0 Å². The van der Waals surface area contributed by atoms with Crippen molar-refractivity contribution >= 4 is 23.2 Å². The Hall–Kier alpha value is -2.28. The highest BCUT2D eigenvalue weighted by atomic mass is 32.1. The lowest BCUT2D eigenvalue weighted by molar-refractivity contribution is 0.0689. The molecule has 7 heteroatoms. The number of nitrogens with one attached hydrogen (secondary N) is 1. The third-order valence-electron chi connectivity index (χ3n) is 2.31. The number of aromatic nitrogens is 2. The minimum Gasteiger partial charge on any atom is -0.477 e. The molecule has 19 heavy (non-hydrogen) atoms. The molecule has 0 saturated carbocycles. The summed E-state index contributed by atoms with van der Waals surface area (Å²) in [4.78, 5) is 30.3. The Labute approximate surface area is 113 Å². The molecular formula is C12H11N3O3S. The molecule has 0 radical (unpaired) electrons. The van der Waals surface area contributed by atoms with E-state index in [-0.39, 0.29) is 11.6 Å². The van der Waals surface area contributed by atoms with Crippen LogP contribution in [0.15, 0.2) is 23.7 Å². The summed E-state index contributed by atoms with van der Waals surface area (Å²) in [6.07, 6.45) is 1.24. The minimum absolute atomic E-state index is 0.0906. The number of amides is 1. The van der Waals surface area contributed by atoms with E-state index in [2.05, 4.69) is 15.3 Å². The van der Waals surface area contributed by atoms with Gasteiger partial charge in [0.25, 0.3) is 5.91 Å². The van der Waals surface area contributed by atoms with Gasteiger partial charge in [0.1, 0.15) is 10.7 Å². The van der Waals surface area contributed by atoms with Crippen LogP contribution in [0.4, 0.5) is 0 Å². The second-order valence-electron chi connectivity index (χ2n) is 3.80. The van der Waals surface area contributed by atoms with Crippen LogP contribution in [0.2, 0.25) is 0 Å². The van der Waals surface area contributed by atoms with E-state index in [0.29, 0.717) is 12.1 Å². The molecule has 0 aliphatic heterocycles. The number of pyridine rings is 1. The van der Waals surface area contributed by atoms with Gasteiger partial charge < -0.3 is 10.4 Å². The lowest BCUT2D eigenvalue weighted by Crippen LogP contribution is -2.23. The molecule has 6 nitrogen and oxygen atoms in total. The van der Waals surface area contributed by atoms with Crippen molar-refractivity contribution in [2.24, 2.45) is 0 Å². The van der Waals surface area contributed by atoms with Crippen LogP contribution >= 0.6 is 11.3 Å². The van der Waals surface area contributed by atoms with Crippen LogP contribution in [0.1, 0.15) is 31.5 Å². The highest BCUT2D eigenvalue weighted by molar-refractivity contribution is 7.09. The number of thiazole rings is 1. The van der Waals surface area contributed by atoms with E-state index in [9.17, 15) is 9.59 Å². The van der Waals surface area contributed by atoms with E-state index >= 15 is 0 Å². The van der Waals surface area contributed by atoms with E-state index in [1.54, 1.807) is 0 Å². The van der Waals surface area contributed by atoms with Crippen molar-refractivity contribution < 1.29 is 14.7 Å². The van der Waals surface area contributed by atoms with Crippen LogP contribution in [0, 0.1) is 6.92 Å². The molecule has 2 N–H and O–H groups in total. The van der Waals surface area contributed by atoms with E-state index in [4.69, 9.17) is 5.11 Å².